The van der Waals surface area contributed by atoms with Gasteiger partial charge in [-0.15, -0.1) is 0 Å². The van der Waals surface area contributed by atoms with Crippen molar-refractivity contribution in [1.82, 2.24) is 30.6 Å². The molecule has 0 aliphatic rings. The summed E-state index contributed by atoms with van der Waals surface area (Å²) in [6.07, 6.45) is 2.51. The molecule has 13 heteroatoms. The third-order valence-corrected chi connectivity index (χ3v) is 4.08. The molecule has 174 valence electrons. The van der Waals surface area contributed by atoms with Crippen molar-refractivity contribution in [3.63, 3.8) is 0 Å². The summed E-state index contributed by atoms with van der Waals surface area (Å²) in [5.74, 6) is -1.18. The smallest absolute Gasteiger partial charge is 0.303 e. The van der Waals surface area contributed by atoms with E-state index in [4.69, 9.17) is 15.6 Å². The molecule has 0 atom stereocenters. The Morgan fingerprint density at radius 2 is 1.91 bits per heavy atom. The second-order valence-corrected chi connectivity index (χ2v) is 6.58. The molecule has 0 bridgehead atoms. The molecule has 0 radical (unpaired) electrons. The van der Waals surface area contributed by atoms with E-state index < -0.39 is 11.5 Å². The summed E-state index contributed by atoms with van der Waals surface area (Å²) in [7, 11) is 1.56. The fourth-order valence-electron chi connectivity index (χ4n) is 2.53. The average molecular weight is 456 g/mol. The number of hydrogen-bond acceptors (Lipinski definition) is 9. The van der Waals surface area contributed by atoms with Crippen LogP contribution in [0.5, 0.6) is 0 Å². The SMILES string of the molecule is CNC=O.Nc1nc2ncc(CNc3ccc(C(=O)NCCCC(=O)O)cc3)nc2c(=O)[nH]1. The highest BCUT2D eigenvalue weighted by Crippen LogP contribution is 2.11. The van der Waals surface area contributed by atoms with Crippen LogP contribution in [0.15, 0.2) is 35.3 Å². The highest BCUT2D eigenvalue weighted by atomic mass is 16.4. The Bertz CT molecular complexity index is 1160. The number of amides is 2. The van der Waals surface area contributed by atoms with Crippen molar-refractivity contribution in [2.75, 3.05) is 24.6 Å². The van der Waals surface area contributed by atoms with E-state index in [1.807, 2.05) is 0 Å². The largest absolute Gasteiger partial charge is 0.481 e. The molecule has 7 N–H and O–H groups in total. The molecule has 0 saturated carbocycles. The fourth-order valence-corrected chi connectivity index (χ4v) is 2.53. The van der Waals surface area contributed by atoms with Crippen molar-refractivity contribution in [2.45, 2.75) is 19.4 Å². The zero-order valence-corrected chi connectivity index (χ0v) is 17.8. The number of fused-ring (bicyclic) bond motifs is 1. The number of rotatable bonds is 9. The van der Waals surface area contributed by atoms with Gasteiger partial charge in [0.1, 0.15) is 0 Å². The molecule has 0 fully saturated rings. The third kappa shape index (κ3) is 7.90. The molecule has 0 spiro atoms. The summed E-state index contributed by atoms with van der Waals surface area (Å²) in [5.41, 5.74) is 7.05. The van der Waals surface area contributed by atoms with E-state index in [2.05, 4.69) is 35.9 Å². The van der Waals surface area contributed by atoms with E-state index in [1.165, 1.54) is 6.20 Å². The Balaban J connectivity index is 0.000000890. The summed E-state index contributed by atoms with van der Waals surface area (Å²) >= 11 is 0. The maximum atomic E-state index is 12.0. The van der Waals surface area contributed by atoms with Gasteiger partial charge in [0.2, 0.25) is 12.4 Å². The zero-order chi connectivity index (χ0) is 24.2. The molecule has 2 amide bonds. The Morgan fingerprint density at radius 1 is 1.21 bits per heavy atom. The number of nitrogens with zero attached hydrogens (tertiary/aromatic N) is 3. The maximum absolute atomic E-state index is 12.0. The molecular formula is C20H24N8O5. The van der Waals surface area contributed by atoms with Crippen LogP contribution in [0.2, 0.25) is 0 Å². The molecule has 0 aliphatic carbocycles. The van der Waals surface area contributed by atoms with Crippen LogP contribution in [-0.2, 0) is 16.1 Å². The second-order valence-electron chi connectivity index (χ2n) is 6.58. The van der Waals surface area contributed by atoms with Gasteiger partial charge in [0.05, 0.1) is 18.4 Å². The number of hydrogen-bond donors (Lipinski definition) is 6. The van der Waals surface area contributed by atoms with Crippen LogP contribution in [0.1, 0.15) is 28.9 Å². The number of anilines is 2. The Labute approximate surface area is 187 Å². The number of carboxylic acid groups (broad SMARTS) is 1. The van der Waals surface area contributed by atoms with Crippen molar-refractivity contribution in [3.05, 3.63) is 52.1 Å². The van der Waals surface area contributed by atoms with Crippen molar-refractivity contribution in [2.24, 2.45) is 0 Å². The lowest BCUT2D eigenvalue weighted by Crippen LogP contribution is -2.24. The topological polar surface area (TPSA) is 205 Å². The number of nitrogens with one attached hydrogen (secondary N) is 4. The predicted molar refractivity (Wildman–Crippen MR) is 120 cm³/mol. The highest BCUT2D eigenvalue weighted by Gasteiger charge is 2.08. The van der Waals surface area contributed by atoms with Crippen LogP contribution in [-0.4, -0.2) is 56.9 Å². The molecule has 13 nitrogen and oxygen atoms in total. The predicted octanol–water partition coefficient (Wildman–Crippen LogP) is -0.136. The number of carbonyl (C=O) groups is 3. The standard InChI is InChI=1S/C18H19N7O4.C2H5NO/c19-18-24-15-14(17(29)25-18)23-12(9-22-15)8-21-11-5-3-10(4-6-11)16(28)20-7-1-2-13(26)27;1-3-2-4/h3-6,9,21H,1-2,7-8H2,(H,20,28)(H,26,27)(H3,19,22,24,25,29);2H,1H3,(H,3,4). The average Bonchev–Trinajstić information content (AvgIpc) is 2.81. The molecule has 33 heavy (non-hydrogen) atoms. The lowest BCUT2D eigenvalue weighted by molar-refractivity contribution is -0.137. The quantitative estimate of drug-likeness (QED) is 0.186. The number of aliphatic carboxylic acids is 1. The van der Waals surface area contributed by atoms with Gasteiger partial charge >= 0.3 is 5.97 Å². The Kier molecular flexibility index (Phi) is 9.24. The Hall–Kier alpha value is -4.55. The molecule has 2 aromatic heterocycles. The van der Waals surface area contributed by atoms with Crippen LogP contribution >= 0.6 is 0 Å². The maximum Gasteiger partial charge on any atom is 0.303 e. The van der Waals surface area contributed by atoms with Gasteiger partial charge in [-0.25, -0.2) is 9.97 Å². The van der Waals surface area contributed by atoms with Crippen molar-refractivity contribution < 1.29 is 19.5 Å². The van der Waals surface area contributed by atoms with Crippen LogP contribution in [0.25, 0.3) is 11.2 Å². The molecule has 1 aromatic carbocycles. The number of H-pyrrole nitrogens is 1. The van der Waals surface area contributed by atoms with Gasteiger partial charge in [0, 0.05) is 31.3 Å². The first-order valence-corrected chi connectivity index (χ1v) is 9.80. The Morgan fingerprint density at radius 3 is 2.55 bits per heavy atom. The zero-order valence-electron chi connectivity index (χ0n) is 17.8. The number of nitrogen functional groups attached to an aromatic ring is 1. The molecule has 0 unspecified atom stereocenters. The first kappa shape index (κ1) is 24.7. The van der Waals surface area contributed by atoms with Gasteiger partial charge in [-0.2, -0.15) is 4.98 Å². The third-order valence-electron chi connectivity index (χ3n) is 4.08. The van der Waals surface area contributed by atoms with Gasteiger partial charge in [-0.05, 0) is 30.7 Å². The molecule has 0 saturated heterocycles. The monoisotopic (exact) mass is 456 g/mol. The first-order valence-electron chi connectivity index (χ1n) is 9.80. The summed E-state index contributed by atoms with van der Waals surface area (Å²) in [4.78, 5) is 58.1. The van der Waals surface area contributed by atoms with E-state index in [1.54, 1.807) is 31.3 Å². The summed E-state index contributed by atoms with van der Waals surface area (Å²) in [6.45, 7) is 0.610. The van der Waals surface area contributed by atoms with Gasteiger partial charge < -0.3 is 26.8 Å². The minimum Gasteiger partial charge on any atom is -0.481 e. The van der Waals surface area contributed by atoms with Gasteiger partial charge in [0.25, 0.3) is 11.5 Å². The summed E-state index contributed by atoms with van der Waals surface area (Å²) in [6, 6.07) is 6.77. The summed E-state index contributed by atoms with van der Waals surface area (Å²) in [5, 5.41) is 16.6. The van der Waals surface area contributed by atoms with Crippen molar-refractivity contribution in [1.29, 1.82) is 0 Å². The van der Waals surface area contributed by atoms with E-state index in [0.29, 0.717) is 37.2 Å². The number of aromatic amines is 1. The van der Waals surface area contributed by atoms with Crippen LogP contribution in [0.4, 0.5) is 11.6 Å². The van der Waals surface area contributed by atoms with Crippen molar-refractivity contribution >= 4 is 41.1 Å². The van der Waals surface area contributed by atoms with E-state index >= 15 is 0 Å². The second kappa shape index (κ2) is 12.3. The fraction of sp³-hybridized carbons (Fsp3) is 0.250. The van der Waals surface area contributed by atoms with Crippen LogP contribution in [0.3, 0.4) is 0 Å². The minimum atomic E-state index is -0.893. The number of benzene rings is 1. The van der Waals surface area contributed by atoms with Crippen LogP contribution < -0.4 is 27.2 Å². The van der Waals surface area contributed by atoms with Gasteiger partial charge in [-0.1, -0.05) is 0 Å². The molecular weight excluding hydrogens is 432 g/mol. The van der Waals surface area contributed by atoms with Gasteiger partial charge in [0.15, 0.2) is 11.2 Å². The molecule has 0 aliphatic heterocycles. The van der Waals surface area contributed by atoms with Crippen LogP contribution in [0, 0.1) is 0 Å². The van der Waals surface area contributed by atoms with E-state index in [0.717, 1.165) is 5.69 Å². The van der Waals surface area contributed by atoms with E-state index in [-0.39, 0.29) is 29.4 Å². The molecule has 3 rings (SSSR count). The lowest BCUT2D eigenvalue weighted by atomic mass is 10.2. The van der Waals surface area contributed by atoms with Gasteiger partial charge in [-0.3, -0.25) is 24.2 Å². The molecule has 2 heterocycles. The number of nitrogens with two attached hydrogens (primary N) is 1. The lowest BCUT2D eigenvalue weighted by Gasteiger charge is -2.08. The minimum absolute atomic E-state index is 0.0100. The number of carbonyl (C=O) groups excluding carboxylic acids is 2. The highest BCUT2D eigenvalue weighted by molar-refractivity contribution is 5.94. The number of carboxylic acids is 1. The first-order chi connectivity index (χ1) is 15.8. The summed E-state index contributed by atoms with van der Waals surface area (Å²) < 4.78 is 0. The van der Waals surface area contributed by atoms with Crippen molar-refractivity contribution in [3.8, 4) is 0 Å². The van der Waals surface area contributed by atoms with E-state index in [9.17, 15) is 14.4 Å². The molecule has 3 aromatic rings. The normalized spacial score (nSPS) is 9.97. The number of aromatic nitrogens is 4.